The van der Waals surface area contributed by atoms with Crippen molar-refractivity contribution in [2.45, 2.75) is 38.0 Å². The summed E-state index contributed by atoms with van der Waals surface area (Å²) < 4.78 is 30.0. The molecule has 0 aromatic rings. The number of amides is 1. The Balaban J connectivity index is 0.00000220. The van der Waals surface area contributed by atoms with Crippen LogP contribution in [0.4, 0.5) is 0 Å². The molecule has 1 unspecified atom stereocenters. The number of halogens is 1. The molecule has 2 rings (SSSR count). The quantitative estimate of drug-likeness (QED) is 0.710. The Morgan fingerprint density at radius 1 is 1.43 bits per heavy atom. The maximum absolute atomic E-state index is 12.2. The molecule has 21 heavy (non-hydrogen) atoms. The number of rotatable bonds is 3. The van der Waals surface area contributed by atoms with Crippen LogP contribution >= 0.6 is 12.4 Å². The highest BCUT2D eigenvalue weighted by molar-refractivity contribution is 7.88. The van der Waals surface area contributed by atoms with Gasteiger partial charge in [-0.15, -0.1) is 12.4 Å². The summed E-state index contributed by atoms with van der Waals surface area (Å²) in [6, 6.07) is -0.487. The van der Waals surface area contributed by atoms with E-state index in [1.807, 2.05) is 6.92 Å². The summed E-state index contributed by atoms with van der Waals surface area (Å²) in [5, 5.41) is 6.06. The molecular weight excluding hydrogens is 318 g/mol. The zero-order valence-electron chi connectivity index (χ0n) is 12.4. The summed E-state index contributed by atoms with van der Waals surface area (Å²) >= 11 is 0. The summed E-state index contributed by atoms with van der Waals surface area (Å²) in [6.07, 6.45) is 2.61. The van der Waals surface area contributed by atoms with E-state index >= 15 is 0 Å². The molecule has 0 bridgehead atoms. The normalized spacial score (nSPS) is 31.2. The monoisotopic (exact) mass is 341 g/mol. The van der Waals surface area contributed by atoms with Crippen molar-refractivity contribution in [1.29, 1.82) is 0 Å². The van der Waals surface area contributed by atoms with Crippen molar-refractivity contribution in [3.05, 3.63) is 0 Å². The number of hydrogen-bond donors (Lipinski definition) is 2. The van der Waals surface area contributed by atoms with Gasteiger partial charge in [0, 0.05) is 25.7 Å². The molecule has 0 radical (unpaired) electrons. The second kappa shape index (κ2) is 7.73. The molecule has 0 saturated carbocycles. The molecule has 2 aliphatic rings. The van der Waals surface area contributed by atoms with Crippen molar-refractivity contribution in [1.82, 2.24) is 14.9 Å². The Bertz CT molecular complexity index is 459. The van der Waals surface area contributed by atoms with Gasteiger partial charge in [0.1, 0.15) is 6.04 Å². The number of nitrogens with zero attached hydrogens (tertiary/aromatic N) is 1. The van der Waals surface area contributed by atoms with Crippen molar-refractivity contribution in [2.24, 2.45) is 0 Å². The third-order valence-electron chi connectivity index (χ3n) is 3.80. The summed E-state index contributed by atoms with van der Waals surface area (Å²) in [7, 11) is -3.19. The van der Waals surface area contributed by atoms with Crippen LogP contribution in [-0.2, 0) is 19.6 Å². The van der Waals surface area contributed by atoms with E-state index in [4.69, 9.17) is 4.74 Å². The van der Waals surface area contributed by atoms with E-state index in [1.54, 1.807) is 0 Å². The first-order chi connectivity index (χ1) is 9.38. The number of ether oxygens (including phenoxy) is 1. The van der Waals surface area contributed by atoms with Crippen molar-refractivity contribution >= 4 is 28.3 Å². The Hall–Kier alpha value is -0.410. The van der Waals surface area contributed by atoms with E-state index in [2.05, 4.69) is 10.6 Å². The van der Waals surface area contributed by atoms with Gasteiger partial charge >= 0.3 is 0 Å². The lowest BCUT2D eigenvalue weighted by atomic mass is 10.1. The van der Waals surface area contributed by atoms with E-state index in [9.17, 15) is 13.2 Å². The minimum Gasteiger partial charge on any atom is -0.375 e. The first kappa shape index (κ1) is 18.6. The lowest BCUT2D eigenvalue weighted by Crippen LogP contribution is -2.59. The van der Waals surface area contributed by atoms with Crippen LogP contribution in [0.25, 0.3) is 0 Å². The lowest BCUT2D eigenvalue weighted by Gasteiger charge is -2.34. The van der Waals surface area contributed by atoms with Crippen LogP contribution in [0.3, 0.4) is 0 Å². The molecule has 0 spiro atoms. The van der Waals surface area contributed by atoms with Gasteiger partial charge in [0.05, 0.1) is 19.0 Å². The zero-order chi connectivity index (χ0) is 14.8. The predicted octanol–water partition coefficient (Wildman–Crippen LogP) is -0.675. The highest BCUT2D eigenvalue weighted by Crippen LogP contribution is 2.14. The van der Waals surface area contributed by atoms with Gasteiger partial charge in [0.25, 0.3) is 0 Å². The summed E-state index contributed by atoms with van der Waals surface area (Å²) in [4.78, 5) is 12.2. The number of carbonyl (C=O) groups is 1. The third kappa shape index (κ3) is 5.07. The molecule has 2 aliphatic heterocycles. The van der Waals surface area contributed by atoms with E-state index in [1.165, 1.54) is 10.6 Å². The second-order valence-corrected chi connectivity index (χ2v) is 7.46. The molecule has 0 aliphatic carbocycles. The SMILES string of the molecule is C[C@H]1OCCN[C@@H]1C(=O)NC1CCCN(S(C)(=O)=O)C1.Cl. The fraction of sp³-hybridized carbons (Fsp3) is 0.917. The molecule has 0 aromatic carbocycles. The maximum Gasteiger partial charge on any atom is 0.240 e. The largest absolute Gasteiger partial charge is 0.375 e. The number of sulfonamides is 1. The Labute approximate surface area is 132 Å². The van der Waals surface area contributed by atoms with Crippen molar-refractivity contribution in [3.63, 3.8) is 0 Å². The zero-order valence-corrected chi connectivity index (χ0v) is 14.0. The Kier molecular flexibility index (Phi) is 6.86. The summed E-state index contributed by atoms with van der Waals surface area (Å²) in [5.74, 6) is -0.113. The minimum atomic E-state index is -3.19. The number of nitrogens with one attached hydrogen (secondary N) is 2. The average molecular weight is 342 g/mol. The van der Waals surface area contributed by atoms with Crippen molar-refractivity contribution < 1.29 is 17.9 Å². The molecule has 1 amide bonds. The van der Waals surface area contributed by atoms with Crippen LogP contribution in [0.2, 0.25) is 0 Å². The molecule has 2 N–H and O–H groups in total. The molecular formula is C12H24ClN3O4S. The highest BCUT2D eigenvalue weighted by Gasteiger charge is 2.32. The van der Waals surface area contributed by atoms with E-state index < -0.39 is 10.0 Å². The maximum atomic E-state index is 12.2. The van der Waals surface area contributed by atoms with Crippen LogP contribution in [0.1, 0.15) is 19.8 Å². The fourth-order valence-electron chi connectivity index (χ4n) is 2.68. The van der Waals surface area contributed by atoms with Gasteiger partial charge in [-0.25, -0.2) is 12.7 Å². The first-order valence-electron chi connectivity index (χ1n) is 6.98. The topological polar surface area (TPSA) is 87.7 Å². The Morgan fingerprint density at radius 2 is 2.14 bits per heavy atom. The minimum absolute atomic E-state index is 0. The number of carbonyl (C=O) groups excluding carboxylic acids is 1. The molecule has 2 heterocycles. The lowest BCUT2D eigenvalue weighted by molar-refractivity contribution is -0.129. The van der Waals surface area contributed by atoms with Crippen molar-refractivity contribution in [3.8, 4) is 0 Å². The standard InChI is InChI=1S/C12H23N3O4S.ClH/c1-9-11(13-5-7-19-9)12(16)14-10-4-3-6-15(8-10)20(2,17)18;/h9-11,13H,3-8H2,1-2H3,(H,14,16);1H/t9-,10?,11+;/m1./s1. The van der Waals surface area contributed by atoms with Gasteiger partial charge in [-0.3, -0.25) is 4.79 Å². The summed E-state index contributed by atoms with van der Waals surface area (Å²) in [5.41, 5.74) is 0. The Morgan fingerprint density at radius 3 is 2.76 bits per heavy atom. The molecule has 0 aromatic heterocycles. The van der Waals surface area contributed by atoms with Crippen LogP contribution in [-0.4, -0.2) is 69.3 Å². The van der Waals surface area contributed by atoms with Gasteiger partial charge in [0.2, 0.25) is 15.9 Å². The fourth-order valence-corrected chi connectivity index (χ4v) is 3.59. The van der Waals surface area contributed by atoms with Gasteiger partial charge < -0.3 is 15.4 Å². The van der Waals surface area contributed by atoms with Crippen molar-refractivity contribution in [2.75, 3.05) is 32.5 Å². The molecule has 2 saturated heterocycles. The molecule has 124 valence electrons. The van der Waals surface area contributed by atoms with E-state index in [0.29, 0.717) is 26.2 Å². The predicted molar refractivity (Wildman–Crippen MR) is 82.0 cm³/mol. The van der Waals surface area contributed by atoms with E-state index in [-0.39, 0.29) is 36.5 Å². The van der Waals surface area contributed by atoms with Crippen LogP contribution in [0.15, 0.2) is 0 Å². The van der Waals surface area contributed by atoms with Crippen LogP contribution < -0.4 is 10.6 Å². The average Bonchev–Trinajstić information content (AvgIpc) is 2.38. The van der Waals surface area contributed by atoms with E-state index in [0.717, 1.165) is 12.8 Å². The number of hydrogen-bond acceptors (Lipinski definition) is 5. The van der Waals surface area contributed by atoms with Gasteiger partial charge in [-0.05, 0) is 19.8 Å². The van der Waals surface area contributed by atoms with Crippen LogP contribution in [0.5, 0.6) is 0 Å². The van der Waals surface area contributed by atoms with Gasteiger partial charge in [-0.1, -0.05) is 0 Å². The number of morpholine rings is 1. The van der Waals surface area contributed by atoms with Gasteiger partial charge in [0.15, 0.2) is 0 Å². The third-order valence-corrected chi connectivity index (χ3v) is 5.07. The summed E-state index contributed by atoms with van der Waals surface area (Å²) in [6.45, 7) is 4.01. The highest BCUT2D eigenvalue weighted by atomic mass is 35.5. The van der Waals surface area contributed by atoms with Gasteiger partial charge in [-0.2, -0.15) is 0 Å². The smallest absolute Gasteiger partial charge is 0.240 e. The molecule has 9 heteroatoms. The second-order valence-electron chi connectivity index (χ2n) is 5.48. The molecule has 7 nitrogen and oxygen atoms in total. The number of piperidine rings is 1. The molecule has 2 fully saturated rings. The molecule has 3 atom stereocenters. The first-order valence-corrected chi connectivity index (χ1v) is 8.83. The van der Waals surface area contributed by atoms with Crippen LogP contribution in [0, 0.1) is 0 Å².